The highest BCUT2D eigenvalue weighted by Gasteiger charge is 2.34. The van der Waals surface area contributed by atoms with Crippen LogP contribution in [0.3, 0.4) is 0 Å². The van der Waals surface area contributed by atoms with Gasteiger partial charge in [0.1, 0.15) is 11.5 Å². The van der Waals surface area contributed by atoms with E-state index < -0.39 is 0 Å². The molecule has 1 atom stereocenters. The van der Waals surface area contributed by atoms with Crippen LogP contribution in [0.5, 0.6) is 0 Å². The van der Waals surface area contributed by atoms with Gasteiger partial charge in [0.2, 0.25) is 0 Å². The second-order valence-corrected chi connectivity index (χ2v) is 11.0. The minimum atomic E-state index is -0.0163. The van der Waals surface area contributed by atoms with Gasteiger partial charge in [0.05, 0.1) is 5.01 Å². The molecule has 8 nitrogen and oxygen atoms in total. The summed E-state index contributed by atoms with van der Waals surface area (Å²) < 4.78 is 0. The van der Waals surface area contributed by atoms with Crippen LogP contribution in [0.2, 0.25) is 0 Å². The molecule has 37 heavy (non-hydrogen) atoms. The number of hydrogen-bond donors (Lipinski definition) is 0. The molecular weight excluding hydrogens is 484 g/mol. The number of fused-ring (bicyclic) bond motifs is 1. The molecule has 2 aromatic heterocycles. The van der Waals surface area contributed by atoms with Gasteiger partial charge in [0.25, 0.3) is 5.91 Å². The Hall–Kier alpha value is -3.46. The van der Waals surface area contributed by atoms with Gasteiger partial charge in [-0.25, -0.2) is 14.8 Å². The fourth-order valence-electron chi connectivity index (χ4n) is 5.76. The van der Waals surface area contributed by atoms with Crippen molar-refractivity contribution in [2.45, 2.75) is 38.1 Å². The van der Waals surface area contributed by atoms with E-state index in [0.717, 1.165) is 62.0 Å². The van der Waals surface area contributed by atoms with Crippen molar-refractivity contribution in [1.29, 1.82) is 0 Å². The van der Waals surface area contributed by atoms with Crippen molar-refractivity contribution in [1.82, 2.24) is 19.8 Å². The summed E-state index contributed by atoms with van der Waals surface area (Å²) in [5.41, 5.74) is 2.75. The number of hydrogen-bond acceptors (Lipinski definition) is 6. The van der Waals surface area contributed by atoms with E-state index in [0.29, 0.717) is 24.7 Å². The number of piperazine rings is 1. The topological polar surface area (TPSA) is 72.9 Å². The van der Waals surface area contributed by atoms with Crippen molar-refractivity contribution in [3.05, 3.63) is 70.3 Å². The van der Waals surface area contributed by atoms with Gasteiger partial charge in [0.15, 0.2) is 0 Å². The molecule has 0 saturated carbocycles. The maximum absolute atomic E-state index is 13.4. The van der Waals surface area contributed by atoms with Gasteiger partial charge in [0, 0.05) is 68.5 Å². The van der Waals surface area contributed by atoms with Crippen molar-refractivity contribution in [2.75, 3.05) is 49.1 Å². The Morgan fingerprint density at radius 3 is 2.41 bits per heavy atom. The van der Waals surface area contributed by atoms with Crippen LogP contribution in [0.4, 0.5) is 16.3 Å². The van der Waals surface area contributed by atoms with E-state index in [1.165, 1.54) is 5.56 Å². The first-order valence-corrected chi connectivity index (χ1v) is 14.0. The third kappa shape index (κ3) is 4.68. The first-order chi connectivity index (χ1) is 18.1. The molecule has 3 aromatic rings. The number of amides is 3. The van der Waals surface area contributed by atoms with Crippen LogP contribution in [0.25, 0.3) is 0 Å². The molecule has 6 rings (SSSR count). The van der Waals surface area contributed by atoms with Gasteiger partial charge in [-0.1, -0.05) is 24.3 Å². The quantitative estimate of drug-likeness (QED) is 0.520. The lowest BCUT2D eigenvalue weighted by Crippen LogP contribution is -2.54. The van der Waals surface area contributed by atoms with Gasteiger partial charge < -0.3 is 19.6 Å². The van der Waals surface area contributed by atoms with Crippen molar-refractivity contribution >= 4 is 34.8 Å². The summed E-state index contributed by atoms with van der Waals surface area (Å²) in [5.74, 6) is 1.25. The molecular formula is C28H32N6O2S. The van der Waals surface area contributed by atoms with Crippen LogP contribution >= 0.6 is 11.3 Å². The zero-order chi connectivity index (χ0) is 25.4. The molecule has 3 aliphatic heterocycles. The van der Waals surface area contributed by atoms with Gasteiger partial charge in [-0.15, -0.1) is 11.3 Å². The number of pyridine rings is 1. The Kier molecular flexibility index (Phi) is 6.54. The summed E-state index contributed by atoms with van der Waals surface area (Å²) in [6, 6.07) is 14.3. The highest BCUT2D eigenvalue weighted by Crippen LogP contribution is 2.35. The van der Waals surface area contributed by atoms with E-state index in [1.807, 2.05) is 62.7 Å². The zero-order valence-electron chi connectivity index (χ0n) is 21.1. The Labute approximate surface area is 221 Å². The average Bonchev–Trinajstić information content (AvgIpc) is 3.57. The molecule has 1 unspecified atom stereocenters. The Bertz CT molecular complexity index is 1260. The third-order valence-corrected chi connectivity index (χ3v) is 8.81. The summed E-state index contributed by atoms with van der Waals surface area (Å²) in [6.07, 6.45) is 4.45. The molecule has 0 spiro atoms. The fourth-order valence-corrected chi connectivity index (χ4v) is 6.72. The number of aromatic nitrogens is 2. The molecule has 5 heterocycles. The van der Waals surface area contributed by atoms with Gasteiger partial charge >= 0.3 is 6.03 Å². The number of thiazole rings is 1. The Morgan fingerprint density at radius 1 is 0.919 bits per heavy atom. The predicted molar refractivity (Wildman–Crippen MR) is 145 cm³/mol. The zero-order valence-corrected chi connectivity index (χ0v) is 21.9. The first kappa shape index (κ1) is 23.9. The smallest absolute Gasteiger partial charge is 0.320 e. The summed E-state index contributed by atoms with van der Waals surface area (Å²) in [5, 5.41) is 2.92. The van der Waals surface area contributed by atoms with Crippen molar-refractivity contribution in [2.24, 2.45) is 0 Å². The fraction of sp³-hybridized carbons (Fsp3) is 0.429. The van der Waals surface area contributed by atoms with E-state index >= 15 is 0 Å². The number of carbonyl (C=O) groups is 2. The number of anilines is 2. The van der Waals surface area contributed by atoms with Crippen LogP contribution in [-0.2, 0) is 6.42 Å². The number of piperidine rings is 1. The van der Waals surface area contributed by atoms with E-state index in [-0.39, 0.29) is 18.0 Å². The number of likely N-dealkylation sites (tertiary alicyclic amines) is 1. The molecule has 9 heteroatoms. The lowest BCUT2D eigenvalue weighted by molar-refractivity contribution is 0.0977. The molecule has 3 amide bonds. The van der Waals surface area contributed by atoms with Crippen LogP contribution in [0.15, 0.2) is 54.0 Å². The number of carbonyl (C=O) groups excluding carboxylic acids is 2. The van der Waals surface area contributed by atoms with Gasteiger partial charge in [-0.2, -0.15) is 0 Å². The predicted octanol–water partition coefficient (Wildman–Crippen LogP) is 4.25. The SMILES string of the molecule is CC1Cc2ccccc2N1C(=O)c1csc(C2CCN(C(=O)N3CCN(c4ccccn4)CC3)CC2)n1. The lowest BCUT2D eigenvalue weighted by Gasteiger charge is -2.39. The largest absolute Gasteiger partial charge is 0.353 e. The molecule has 2 saturated heterocycles. The molecule has 0 bridgehead atoms. The van der Waals surface area contributed by atoms with Crippen molar-refractivity contribution in [3.63, 3.8) is 0 Å². The van der Waals surface area contributed by atoms with Gasteiger partial charge in [-0.05, 0) is 49.9 Å². The molecule has 1 aromatic carbocycles. The van der Waals surface area contributed by atoms with Crippen LogP contribution in [-0.4, -0.2) is 77.0 Å². The second-order valence-electron chi connectivity index (χ2n) is 10.1. The highest BCUT2D eigenvalue weighted by atomic mass is 32.1. The maximum Gasteiger partial charge on any atom is 0.320 e. The standard InChI is InChI=1S/C28H32N6O2S/c1-20-18-22-6-2-3-7-24(22)34(20)27(35)23-19-37-26(30-23)21-9-12-32(13-10-21)28(36)33-16-14-31(15-17-33)25-8-4-5-11-29-25/h2-8,11,19-21H,9-10,12-18H2,1H3. The maximum atomic E-state index is 13.4. The van der Waals surface area contributed by atoms with Crippen molar-refractivity contribution in [3.8, 4) is 0 Å². The van der Waals surface area contributed by atoms with E-state index in [1.54, 1.807) is 11.3 Å². The number of urea groups is 1. The minimum Gasteiger partial charge on any atom is -0.353 e. The molecule has 3 aliphatic rings. The Morgan fingerprint density at radius 2 is 1.65 bits per heavy atom. The third-order valence-electron chi connectivity index (χ3n) is 7.81. The number of rotatable bonds is 3. The lowest BCUT2D eigenvalue weighted by atomic mass is 9.98. The Balaban J connectivity index is 1.03. The van der Waals surface area contributed by atoms with Crippen LogP contribution < -0.4 is 9.80 Å². The van der Waals surface area contributed by atoms with Gasteiger partial charge in [-0.3, -0.25) is 4.79 Å². The van der Waals surface area contributed by atoms with Crippen molar-refractivity contribution < 1.29 is 9.59 Å². The molecule has 0 aliphatic carbocycles. The average molecular weight is 517 g/mol. The van der Waals surface area contributed by atoms with E-state index in [9.17, 15) is 9.59 Å². The molecule has 0 radical (unpaired) electrons. The molecule has 192 valence electrons. The summed E-state index contributed by atoms with van der Waals surface area (Å²) in [6.45, 7) is 6.57. The summed E-state index contributed by atoms with van der Waals surface area (Å²) in [4.78, 5) is 43.8. The second kappa shape index (κ2) is 10.1. The first-order valence-electron chi connectivity index (χ1n) is 13.1. The molecule has 2 fully saturated rings. The number of nitrogens with zero attached hydrogens (tertiary/aromatic N) is 6. The number of para-hydroxylation sites is 1. The highest BCUT2D eigenvalue weighted by molar-refractivity contribution is 7.10. The van der Waals surface area contributed by atoms with E-state index in [2.05, 4.69) is 22.9 Å². The monoisotopic (exact) mass is 516 g/mol. The summed E-state index contributed by atoms with van der Waals surface area (Å²) >= 11 is 1.58. The van der Waals surface area contributed by atoms with E-state index in [4.69, 9.17) is 4.98 Å². The normalized spacial score (nSPS) is 20.3. The van der Waals surface area contributed by atoms with Crippen LogP contribution in [0.1, 0.15) is 46.7 Å². The minimum absolute atomic E-state index is 0.0163. The summed E-state index contributed by atoms with van der Waals surface area (Å²) in [7, 11) is 0. The van der Waals surface area contributed by atoms with Crippen LogP contribution in [0, 0.1) is 0 Å². The number of benzene rings is 1. The molecule has 0 N–H and O–H groups in total.